The van der Waals surface area contributed by atoms with Gasteiger partial charge in [-0.25, -0.2) is 0 Å². The zero-order valence-electron chi connectivity index (χ0n) is 12.1. The molecular weight excluding hydrogens is 335 g/mol. The lowest BCUT2D eigenvalue weighted by Crippen LogP contribution is -2.35. The number of hydrogen-bond acceptors (Lipinski definition) is 3. The summed E-state index contributed by atoms with van der Waals surface area (Å²) in [5.41, 5.74) is 4.60. The lowest BCUT2D eigenvalue weighted by Gasteiger charge is -2.18. The molecule has 0 aromatic heterocycles. The van der Waals surface area contributed by atoms with Crippen LogP contribution in [0.3, 0.4) is 0 Å². The fourth-order valence-corrected chi connectivity index (χ4v) is 2.32. The average Bonchev–Trinajstić information content (AvgIpc) is 2.86. The molecule has 0 radical (unpaired) electrons. The molecule has 23 heavy (non-hydrogen) atoms. The van der Waals surface area contributed by atoms with Gasteiger partial charge < -0.3 is 16.0 Å². The minimum absolute atomic E-state index is 0. The molecule has 0 spiro atoms. The summed E-state index contributed by atoms with van der Waals surface area (Å²) in [4.78, 5) is 25.0. The van der Waals surface area contributed by atoms with Crippen molar-refractivity contribution in [3.63, 3.8) is 0 Å². The van der Waals surface area contributed by atoms with E-state index in [0.29, 0.717) is 6.54 Å². The molecule has 1 unspecified atom stereocenters. The third-order valence-corrected chi connectivity index (χ3v) is 3.42. The predicted molar refractivity (Wildman–Crippen MR) is 81.2 cm³/mol. The second-order valence-electron chi connectivity index (χ2n) is 5.03. The van der Waals surface area contributed by atoms with E-state index in [9.17, 15) is 22.8 Å². The summed E-state index contributed by atoms with van der Waals surface area (Å²) in [6, 6.07) is 4.52. The molecule has 2 amide bonds. The maximum Gasteiger partial charge on any atom is 0.416 e. The van der Waals surface area contributed by atoms with Gasteiger partial charge in [-0.05, 0) is 18.2 Å². The lowest BCUT2D eigenvalue weighted by molar-refractivity contribution is -0.137. The van der Waals surface area contributed by atoms with E-state index in [1.165, 1.54) is 17.0 Å². The molecule has 3 N–H and O–H groups in total. The first-order valence-corrected chi connectivity index (χ1v) is 6.78. The first kappa shape index (κ1) is 19.2. The summed E-state index contributed by atoms with van der Waals surface area (Å²) in [5.74, 6) is -1.26. The van der Waals surface area contributed by atoms with Crippen molar-refractivity contribution in [1.82, 2.24) is 5.32 Å². The molecule has 9 heteroatoms. The Labute approximate surface area is 137 Å². The average molecular weight is 352 g/mol. The number of hydrogen-bond donors (Lipinski definition) is 2. The van der Waals surface area contributed by atoms with E-state index in [1.807, 2.05) is 0 Å². The predicted octanol–water partition coefficient (Wildman–Crippen LogP) is 1.56. The van der Waals surface area contributed by atoms with Gasteiger partial charge in [0.2, 0.25) is 11.8 Å². The van der Waals surface area contributed by atoms with E-state index in [4.69, 9.17) is 5.73 Å². The Kier molecular flexibility index (Phi) is 6.40. The highest BCUT2D eigenvalue weighted by Crippen LogP contribution is 2.33. The van der Waals surface area contributed by atoms with Crippen LogP contribution in [0.5, 0.6) is 0 Å². The molecule has 0 aliphatic carbocycles. The van der Waals surface area contributed by atoms with E-state index >= 15 is 0 Å². The molecule has 1 aliphatic heterocycles. The third kappa shape index (κ3) is 4.59. The van der Waals surface area contributed by atoms with Crippen molar-refractivity contribution in [2.45, 2.75) is 12.6 Å². The Balaban J connectivity index is 0.00000264. The zero-order chi connectivity index (χ0) is 16.3. The molecule has 5 nitrogen and oxygen atoms in total. The standard InChI is InChI=1S/C14H16F3N3O2.ClH/c15-14(16,17)10-2-1-3-11(7-10)20-8-9(6-12(20)21)13(22)19-5-4-18;/h1-3,7,9H,4-6,8,18H2,(H,19,22);1H. The molecule has 1 fully saturated rings. The maximum atomic E-state index is 12.7. The van der Waals surface area contributed by atoms with Crippen molar-refractivity contribution < 1.29 is 22.8 Å². The Hall–Kier alpha value is -1.80. The summed E-state index contributed by atoms with van der Waals surface area (Å²) in [5, 5.41) is 2.58. The van der Waals surface area contributed by atoms with E-state index in [1.54, 1.807) is 0 Å². The maximum absolute atomic E-state index is 12.7. The van der Waals surface area contributed by atoms with E-state index in [0.717, 1.165) is 12.1 Å². The molecule has 1 atom stereocenters. The van der Waals surface area contributed by atoms with Gasteiger partial charge in [0.15, 0.2) is 0 Å². The highest BCUT2D eigenvalue weighted by atomic mass is 35.5. The molecule has 1 saturated heterocycles. The molecule has 128 valence electrons. The Morgan fingerprint density at radius 2 is 2.09 bits per heavy atom. The SMILES string of the molecule is Cl.NCCNC(=O)C1CC(=O)N(c2cccc(C(F)(F)F)c2)C1. The van der Waals surface area contributed by atoms with Gasteiger partial charge >= 0.3 is 6.18 Å². The summed E-state index contributed by atoms with van der Waals surface area (Å²) < 4.78 is 38.2. The topological polar surface area (TPSA) is 75.4 Å². The molecule has 0 saturated carbocycles. The van der Waals surface area contributed by atoms with Gasteiger partial charge in [-0.3, -0.25) is 9.59 Å². The molecule has 1 heterocycles. The number of amides is 2. The number of nitrogens with one attached hydrogen (secondary N) is 1. The fraction of sp³-hybridized carbons (Fsp3) is 0.429. The van der Waals surface area contributed by atoms with Crippen molar-refractivity contribution in [2.24, 2.45) is 11.7 Å². The molecule has 1 aromatic carbocycles. The first-order chi connectivity index (χ1) is 10.3. The van der Waals surface area contributed by atoms with Crippen molar-refractivity contribution in [2.75, 3.05) is 24.5 Å². The quantitative estimate of drug-likeness (QED) is 0.864. The number of carbonyl (C=O) groups is 2. The second kappa shape index (κ2) is 7.65. The van der Waals surface area contributed by atoms with Crippen LogP contribution < -0.4 is 16.0 Å². The zero-order valence-corrected chi connectivity index (χ0v) is 12.9. The van der Waals surface area contributed by atoms with Gasteiger partial charge in [0.05, 0.1) is 11.5 Å². The normalized spacial score (nSPS) is 17.8. The summed E-state index contributed by atoms with van der Waals surface area (Å²) >= 11 is 0. The number of alkyl halides is 3. The van der Waals surface area contributed by atoms with Crippen molar-refractivity contribution in [1.29, 1.82) is 0 Å². The van der Waals surface area contributed by atoms with Crippen LogP contribution in [0.15, 0.2) is 24.3 Å². The van der Waals surface area contributed by atoms with Crippen LogP contribution in [0.25, 0.3) is 0 Å². The third-order valence-electron chi connectivity index (χ3n) is 3.42. The minimum Gasteiger partial charge on any atom is -0.355 e. The highest BCUT2D eigenvalue weighted by Gasteiger charge is 2.36. The summed E-state index contributed by atoms with van der Waals surface area (Å²) in [6.45, 7) is 0.646. The van der Waals surface area contributed by atoms with Crippen LogP contribution in [-0.2, 0) is 15.8 Å². The lowest BCUT2D eigenvalue weighted by atomic mass is 10.1. The number of benzene rings is 1. The van der Waals surface area contributed by atoms with E-state index in [2.05, 4.69) is 5.32 Å². The van der Waals surface area contributed by atoms with Crippen LogP contribution in [0.1, 0.15) is 12.0 Å². The number of rotatable bonds is 4. The van der Waals surface area contributed by atoms with Crippen molar-refractivity contribution >= 4 is 29.9 Å². The summed E-state index contributed by atoms with van der Waals surface area (Å²) in [7, 11) is 0. The molecule has 0 bridgehead atoms. The molecular formula is C14H17ClF3N3O2. The minimum atomic E-state index is -4.48. The van der Waals surface area contributed by atoms with Crippen molar-refractivity contribution in [3.8, 4) is 0 Å². The molecule has 1 aromatic rings. The molecule has 1 aliphatic rings. The first-order valence-electron chi connectivity index (χ1n) is 6.78. The van der Waals surface area contributed by atoms with Crippen LogP contribution in [0.4, 0.5) is 18.9 Å². The van der Waals surface area contributed by atoms with Gasteiger partial charge in [-0.1, -0.05) is 6.07 Å². The largest absolute Gasteiger partial charge is 0.416 e. The van der Waals surface area contributed by atoms with Gasteiger partial charge in [0.25, 0.3) is 0 Å². The number of halogens is 4. The Bertz CT molecular complexity index is 581. The van der Waals surface area contributed by atoms with Gasteiger partial charge in [0.1, 0.15) is 0 Å². The highest BCUT2D eigenvalue weighted by molar-refractivity contribution is 6.00. The van der Waals surface area contributed by atoms with Crippen LogP contribution >= 0.6 is 12.4 Å². The number of carbonyl (C=O) groups excluding carboxylic acids is 2. The van der Waals surface area contributed by atoms with Crippen LogP contribution in [0, 0.1) is 5.92 Å². The Morgan fingerprint density at radius 1 is 1.39 bits per heavy atom. The van der Waals surface area contributed by atoms with Gasteiger partial charge in [-0.2, -0.15) is 13.2 Å². The monoisotopic (exact) mass is 351 g/mol. The smallest absolute Gasteiger partial charge is 0.355 e. The fourth-order valence-electron chi connectivity index (χ4n) is 2.32. The van der Waals surface area contributed by atoms with Crippen LogP contribution in [-0.4, -0.2) is 31.4 Å². The Morgan fingerprint density at radius 3 is 2.70 bits per heavy atom. The van der Waals surface area contributed by atoms with Crippen LogP contribution in [0.2, 0.25) is 0 Å². The van der Waals surface area contributed by atoms with E-state index in [-0.39, 0.29) is 49.4 Å². The van der Waals surface area contributed by atoms with Gasteiger partial charge in [-0.15, -0.1) is 12.4 Å². The second-order valence-corrected chi connectivity index (χ2v) is 5.03. The number of anilines is 1. The van der Waals surface area contributed by atoms with Crippen molar-refractivity contribution in [3.05, 3.63) is 29.8 Å². The number of nitrogens with zero attached hydrogens (tertiary/aromatic N) is 1. The summed E-state index contributed by atoms with van der Waals surface area (Å²) in [6.07, 6.45) is -4.50. The molecule has 2 rings (SSSR count). The van der Waals surface area contributed by atoms with Gasteiger partial charge in [0, 0.05) is 31.7 Å². The van der Waals surface area contributed by atoms with E-state index < -0.39 is 17.7 Å². The number of nitrogens with two attached hydrogens (primary N) is 1.